The molecule has 32 heavy (non-hydrogen) atoms. The van der Waals surface area contributed by atoms with Crippen LogP contribution < -0.4 is 10.2 Å². The Morgan fingerprint density at radius 3 is 2.56 bits per heavy atom. The van der Waals surface area contributed by atoms with Crippen molar-refractivity contribution in [2.45, 2.75) is 23.9 Å². The van der Waals surface area contributed by atoms with E-state index in [1.165, 1.54) is 35.2 Å². The number of amides is 2. The van der Waals surface area contributed by atoms with E-state index in [4.69, 9.17) is 0 Å². The van der Waals surface area contributed by atoms with Crippen molar-refractivity contribution < 1.29 is 31.2 Å². The summed E-state index contributed by atoms with van der Waals surface area (Å²) in [5.74, 6) is -0.908. The van der Waals surface area contributed by atoms with Crippen LogP contribution in [0, 0.1) is 0 Å². The molecule has 170 valence electrons. The number of nitrogens with zero attached hydrogens (tertiary/aromatic N) is 2. The van der Waals surface area contributed by atoms with Gasteiger partial charge in [0.25, 0.3) is 5.91 Å². The van der Waals surface area contributed by atoms with E-state index in [2.05, 4.69) is 5.32 Å². The van der Waals surface area contributed by atoms with Gasteiger partial charge in [-0.2, -0.15) is 17.5 Å². The molecule has 0 saturated carbocycles. The highest BCUT2D eigenvalue weighted by atomic mass is 32.2. The molecule has 0 spiro atoms. The van der Waals surface area contributed by atoms with Gasteiger partial charge in [-0.3, -0.25) is 9.59 Å². The number of carbonyl (C=O) groups excluding carboxylic acids is 2. The molecule has 2 aromatic rings. The first kappa shape index (κ1) is 22.3. The molecule has 0 atom stereocenters. The number of anilines is 1. The van der Waals surface area contributed by atoms with Crippen LogP contribution >= 0.6 is 0 Å². The second-order valence-electron chi connectivity index (χ2n) is 7.62. The highest BCUT2D eigenvalue weighted by Gasteiger charge is 2.33. The van der Waals surface area contributed by atoms with Gasteiger partial charge in [0.2, 0.25) is 15.9 Å². The number of sulfonamides is 1. The number of fused-ring (bicyclic) bond motifs is 1. The standard InChI is InChI=1S/C21H20F3N3O4S/c22-21(23,24)16-6-7-18-14(11-16)4-2-9-27(18)20(29)15-3-1-5-17(12-15)32(30,31)26-10-8-25-19(28)13-26/h1,3,5-7,11-12H,2,4,8-10,13H2,(H,25,28). The Bertz CT molecular complexity index is 1180. The Morgan fingerprint density at radius 1 is 1.06 bits per heavy atom. The van der Waals surface area contributed by atoms with Crippen LogP contribution in [-0.2, 0) is 27.4 Å². The fraction of sp³-hybridized carbons (Fsp3) is 0.333. The van der Waals surface area contributed by atoms with Crippen molar-refractivity contribution in [2.75, 3.05) is 31.1 Å². The van der Waals surface area contributed by atoms with Crippen LogP contribution in [0.3, 0.4) is 0 Å². The minimum atomic E-state index is -4.48. The maximum atomic E-state index is 13.2. The number of nitrogens with one attached hydrogen (secondary N) is 1. The van der Waals surface area contributed by atoms with Crippen LogP contribution in [-0.4, -0.2) is 50.7 Å². The average Bonchev–Trinajstić information content (AvgIpc) is 2.77. The van der Waals surface area contributed by atoms with E-state index >= 15 is 0 Å². The van der Waals surface area contributed by atoms with E-state index in [-0.39, 0.29) is 30.1 Å². The number of halogens is 3. The maximum Gasteiger partial charge on any atom is 0.416 e. The predicted molar refractivity (Wildman–Crippen MR) is 110 cm³/mol. The summed E-state index contributed by atoms with van der Waals surface area (Å²) < 4.78 is 66.0. The van der Waals surface area contributed by atoms with Gasteiger partial charge in [-0.05, 0) is 54.8 Å². The summed E-state index contributed by atoms with van der Waals surface area (Å²) in [6.07, 6.45) is -3.58. The molecule has 1 N–H and O–H groups in total. The average molecular weight is 467 g/mol. The van der Waals surface area contributed by atoms with E-state index in [0.29, 0.717) is 30.6 Å². The zero-order valence-corrected chi connectivity index (χ0v) is 17.7. The van der Waals surface area contributed by atoms with E-state index < -0.39 is 33.6 Å². The first-order chi connectivity index (χ1) is 15.1. The largest absolute Gasteiger partial charge is 0.416 e. The Labute approximate surface area is 182 Å². The summed E-state index contributed by atoms with van der Waals surface area (Å²) in [5, 5.41) is 2.55. The molecule has 1 saturated heterocycles. The highest BCUT2D eigenvalue weighted by Crippen LogP contribution is 2.35. The lowest BCUT2D eigenvalue weighted by Gasteiger charge is -2.30. The summed E-state index contributed by atoms with van der Waals surface area (Å²) >= 11 is 0. The van der Waals surface area contributed by atoms with Crippen LogP contribution in [0.2, 0.25) is 0 Å². The minimum Gasteiger partial charge on any atom is -0.354 e. The van der Waals surface area contributed by atoms with Crippen molar-refractivity contribution in [3.05, 3.63) is 59.2 Å². The van der Waals surface area contributed by atoms with E-state index in [1.54, 1.807) is 0 Å². The lowest BCUT2D eigenvalue weighted by Crippen LogP contribution is -2.49. The molecule has 0 aromatic heterocycles. The fourth-order valence-electron chi connectivity index (χ4n) is 3.90. The lowest BCUT2D eigenvalue weighted by molar-refractivity contribution is -0.137. The monoisotopic (exact) mass is 467 g/mol. The predicted octanol–water partition coefficient (Wildman–Crippen LogP) is 2.42. The molecular formula is C21H20F3N3O4S. The maximum absolute atomic E-state index is 13.2. The summed E-state index contributed by atoms with van der Waals surface area (Å²) in [5.41, 5.74) is 0.127. The van der Waals surface area contributed by atoms with Crippen molar-refractivity contribution in [1.29, 1.82) is 0 Å². The van der Waals surface area contributed by atoms with Crippen molar-refractivity contribution in [2.24, 2.45) is 0 Å². The van der Waals surface area contributed by atoms with Crippen LogP contribution in [0.4, 0.5) is 18.9 Å². The van der Waals surface area contributed by atoms with E-state index in [1.807, 2.05) is 0 Å². The van der Waals surface area contributed by atoms with Crippen molar-refractivity contribution >= 4 is 27.5 Å². The zero-order chi connectivity index (χ0) is 23.1. The van der Waals surface area contributed by atoms with E-state index in [9.17, 15) is 31.2 Å². The van der Waals surface area contributed by atoms with Gasteiger partial charge in [-0.15, -0.1) is 0 Å². The number of hydrogen-bond acceptors (Lipinski definition) is 4. The highest BCUT2D eigenvalue weighted by molar-refractivity contribution is 7.89. The van der Waals surface area contributed by atoms with Crippen LogP contribution in [0.15, 0.2) is 47.4 Å². The molecule has 11 heteroatoms. The second kappa shape index (κ2) is 8.21. The molecule has 0 bridgehead atoms. The minimum absolute atomic E-state index is 0.0975. The van der Waals surface area contributed by atoms with Crippen molar-refractivity contribution in [3.63, 3.8) is 0 Å². The third-order valence-corrected chi connectivity index (χ3v) is 7.33. The van der Waals surface area contributed by atoms with Gasteiger partial charge in [-0.1, -0.05) is 6.07 Å². The summed E-state index contributed by atoms with van der Waals surface area (Å²) in [4.78, 5) is 26.0. The Kier molecular flexibility index (Phi) is 5.72. The molecule has 0 radical (unpaired) electrons. The van der Waals surface area contributed by atoms with E-state index in [0.717, 1.165) is 16.4 Å². The zero-order valence-electron chi connectivity index (χ0n) is 16.9. The SMILES string of the molecule is O=C1CN(S(=O)(=O)c2cccc(C(=O)N3CCCc4cc(C(F)(F)F)ccc43)c2)CCN1. The van der Waals surface area contributed by atoms with Gasteiger partial charge >= 0.3 is 6.18 Å². The molecule has 2 amide bonds. The number of benzene rings is 2. The topological polar surface area (TPSA) is 86.8 Å². The number of carbonyl (C=O) groups is 2. The summed E-state index contributed by atoms with van der Waals surface area (Å²) in [7, 11) is -3.99. The number of aryl methyl sites for hydroxylation is 1. The number of rotatable bonds is 3. The lowest BCUT2D eigenvalue weighted by atomic mass is 9.98. The quantitative estimate of drug-likeness (QED) is 0.751. The van der Waals surface area contributed by atoms with Crippen LogP contribution in [0.25, 0.3) is 0 Å². The summed E-state index contributed by atoms with van der Waals surface area (Å²) in [6.45, 7) is 0.316. The molecule has 1 fully saturated rings. The Balaban J connectivity index is 1.64. The molecule has 0 unspecified atom stereocenters. The number of alkyl halides is 3. The first-order valence-corrected chi connectivity index (χ1v) is 11.4. The van der Waals surface area contributed by atoms with Gasteiger partial charge in [0.05, 0.1) is 17.0 Å². The first-order valence-electron chi connectivity index (χ1n) is 9.96. The Hall–Kier alpha value is -2.92. The van der Waals surface area contributed by atoms with Gasteiger partial charge in [0.15, 0.2) is 0 Å². The van der Waals surface area contributed by atoms with Gasteiger partial charge in [-0.25, -0.2) is 8.42 Å². The number of hydrogen-bond donors (Lipinski definition) is 1. The third-order valence-electron chi connectivity index (χ3n) is 5.49. The summed E-state index contributed by atoms with van der Waals surface area (Å²) in [6, 6.07) is 8.75. The van der Waals surface area contributed by atoms with Crippen LogP contribution in [0.1, 0.15) is 27.9 Å². The van der Waals surface area contributed by atoms with Crippen molar-refractivity contribution in [1.82, 2.24) is 9.62 Å². The normalized spacial score (nSPS) is 17.6. The molecule has 2 aliphatic heterocycles. The smallest absolute Gasteiger partial charge is 0.354 e. The second-order valence-corrected chi connectivity index (χ2v) is 9.56. The fourth-order valence-corrected chi connectivity index (χ4v) is 5.34. The van der Waals surface area contributed by atoms with Crippen LogP contribution in [0.5, 0.6) is 0 Å². The molecule has 2 aromatic carbocycles. The van der Waals surface area contributed by atoms with Gasteiger partial charge in [0, 0.05) is 30.9 Å². The molecule has 2 heterocycles. The Morgan fingerprint density at radius 2 is 1.84 bits per heavy atom. The molecule has 7 nitrogen and oxygen atoms in total. The molecular weight excluding hydrogens is 447 g/mol. The molecule has 2 aliphatic rings. The molecule has 4 rings (SSSR count). The van der Waals surface area contributed by atoms with Gasteiger partial charge < -0.3 is 10.2 Å². The third kappa shape index (κ3) is 4.22. The molecule has 0 aliphatic carbocycles. The van der Waals surface area contributed by atoms with Gasteiger partial charge in [0.1, 0.15) is 0 Å². The number of piperazine rings is 1. The van der Waals surface area contributed by atoms with Crippen molar-refractivity contribution in [3.8, 4) is 0 Å².